The smallest absolute Gasteiger partial charge is 0.0914 e. The molecule has 1 aromatic rings. The highest BCUT2D eigenvalue weighted by molar-refractivity contribution is 5.17. The summed E-state index contributed by atoms with van der Waals surface area (Å²) in [5, 5.41) is 13.3. The van der Waals surface area contributed by atoms with Gasteiger partial charge in [0.1, 0.15) is 0 Å². The molecule has 1 aliphatic rings. The molecule has 1 fully saturated rings. The van der Waals surface area contributed by atoms with Gasteiger partial charge in [0.15, 0.2) is 0 Å². The zero-order valence-corrected chi connectivity index (χ0v) is 10.3. The summed E-state index contributed by atoms with van der Waals surface area (Å²) >= 11 is 0. The van der Waals surface area contributed by atoms with Crippen LogP contribution in [0.1, 0.15) is 31.4 Å². The standard InChI is InChI=1S/C14H21NO2/c1-2-17-13-8-12(9-13)15-10-14(16)11-6-4-3-5-7-11/h3-7,12-16H,2,8-10H2,1H3. The van der Waals surface area contributed by atoms with Crippen LogP contribution in [-0.2, 0) is 4.74 Å². The van der Waals surface area contributed by atoms with E-state index in [1.54, 1.807) is 0 Å². The zero-order chi connectivity index (χ0) is 12.1. The first kappa shape index (κ1) is 12.6. The van der Waals surface area contributed by atoms with Gasteiger partial charge in [-0.2, -0.15) is 0 Å². The minimum absolute atomic E-state index is 0.414. The molecule has 0 bridgehead atoms. The summed E-state index contributed by atoms with van der Waals surface area (Å²) in [5.74, 6) is 0. The maximum Gasteiger partial charge on any atom is 0.0914 e. The lowest BCUT2D eigenvalue weighted by molar-refractivity contribution is -0.0123. The predicted octanol–water partition coefficient (Wildman–Crippen LogP) is 1.88. The Kier molecular flexibility index (Phi) is 4.54. The van der Waals surface area contributed by atoms with E-state index in [1.165, 1.54) is 0 Å². The SMILES string of the molecule is CCOC1CC(NCC(O)c2ccccc2)C1. The van der Waals surface area contributed by atoms with Crippen LogP contribution in [0.25, 0.3) is 0 Å². The van der Waals surface area contributed by atoms with Crippen LogP contribution in [0.15, 0.2) is 30.3 Å². The highest BCUT2D eigenvalue weighted by atomic mass is 16.5. The number of ether oxygens (including phenoxy) is 1. The van der Waals surface area contributed by atoms with Gasteiger partial charge in [-0.25, -0.2) is 0 Å². The van der Waals surface area contributed by atoms with Crippen molar-refractivity contribution in [3.8, 4) is 0 Å². The summed E-state index contributed by atoms with van der Waals surface area (Å²) in [6.07, 6.45) is 2.14. The van der Waals surface area contributed by atoms with E-state index in [0.717, 1.165) is 25.0 Å². The lowest BCUT2D eigenvalue weighted by Gasteiger charge is -2.36. The van der Waals surface area contributed by atoms with E-state index >= 15 is 0 Å². The molecule has 0 aromatic heterocycles. The van der Waals surface area contributed by atoms with Crippen LogP contribution in [0.2, 0.25) is 0 Å². The summed E-state index contributed by atoms with van der Waals surface area (Å²) in [7, 11) is 0. The van der Waals surface area contributed by atoms with Gasteiger partial charge in [0.2, 0.25) is 0 Å². The molecule has 0 heterocycles. The molecular formula is C14H21NO2. The Morgan fingerprint density at radius 2 is 2.06 bits per heavy atom. The number of benzene rings is 1. The maximum atomic E-state index is 9.96. The number of nitrogens with one attached hydrogen (secondary N) is 1. The van der Waals surface area contributed by atoms with Crippen LogP contribution in [0.5, 0.6) is 0 Å². The molecule has 2 rings (SSSR count). The van der Waals surface area contributed by atoms with E-state index in [-0.39, 0.29) is 0 Å². The molecule has 1 saturated carbocycles. The summed E-state index contributed by atoms with van der Waals surface area (Å²) in [4.78, 5) is 0. The van der Waals surface area contributed by atoms with Gasteiger partial charge >= 0.3 is 0 Å². The fourth-order valence-electron chi connectivity index (χ4n) is 2.18. The van der Waals surface area contributed by atoms with Crippen LogP contribution >= 0.6 is 0 Å². The molecule has 0 saturated heterocycles. The Labute approximate surface area is 103 Å². The van der Waals surface area contributed by atoms with E-state index in [0.29, 0.717) is 18.7 Å². The molecular weight excluding hydrogens is 214 g/mol. The van der Waals surface area contributed by atoms with Crippen molar-refractivity contribution in [1.82, 2.24) is 5.32 Å². The second-order valence-electron chi connectivity index (χ2n) is 4.58. The number of rotatable bonds is 6. The Morgan fingerprint density at radius 3 is 2.71 bits per heavy atom. The van der Waals surface area contributed by atoms with Crippen molar-refractivity contribution in [1.29, 1.82) is 0 Å². The Balaban J connectivity index is 1.66. The molecule has 1 aromatic carbocycles. The van der Waals surface area contributed by atoms with Gasteiger partial charge in [0.25, 0.3) is 0 Å². The van der Waals surface area contributed by atoms with Gasteiger partial charge in [-0.05, 0) is 25.3 Å². The number of aliphatic hydroxyl groups excluding tert-OH is 1. The van der Waals surface area contributed by atoms with E-state index in [1.807, 2.05) is 37.3 Å². The van der Waals surface area contributed by atoms with Crippen LogP contribution < -0.4 is 5.32 Å². The number of hydrogen-bond acceptors (Lipinski definition) is 3. The first-order valence-corrected chi connectivity index (χ1v) is 6.37. The average Bonchev–Trinajstić information content (AvgIpc) is 2.32. The second-order valence-corrected chi connectivity index (χ2v) is 4.58. The molecule has 1 atom stereocenters. The van der Waals surface area contributed by atoms with Crippen molar-refractivity contribution in [2.75, 3.05) is 13.2 Å². The minimum Gasteiger partial charge on any atom is -0.387 e. The van der Waals surface area contributed by atoms with Crippen molar-refractivity contribution in [2.24, 2.45) is 0 Å². The normalized spacial score (nSPS) is 25.3. The zero-order valence-electron chi connectivity index (χ0n) is 10.3. The first-order valence-electron chi connectivity index (χ1n) is 6.37. The molecule has 3 nitrogen and oxygen atoms in total. The lowest BCUT2D eigenvalue weighted by atomic mass is 9.89. The van der Waals surface area contributed by atoms with Gasteiger partial charge in [-0.15, -0.1) is 0 Å². The Morgan fingerprint density at radius 1 is 1.35 bits per heavy atom. The predicted molar refractivity (Wildman–Crippen MR) is 67.8 cm³/mol. The first-order chi connectivity index (χ1) is 8.29. The van der Waals surface area contributed by atoms with E-state index in [2.05, 4.69) is 5.32 Å². The average molecular weight is 235 g/mol. The number of aliphatic hydroxyl groups is 1. The molecule has 94 valence electrons. The third kappa shape index (κ3) is 3.53. The fourth-order valence-corrected chi connectivity index (χ4v) is 2.18. The summed E-state index contributed by atoms with van der Waals surface area (Å²) in [5.41, 5.74) is 0.973. The summed E-state index contributed by atoms with van der Waals surface area (Å²) in [6.45, 7) is 3.44. The monoisotopic (exact) mass is 235 g/mol. The van der Waals surface area contributed by atoms with Gasteiger partial charge in [-0.1, -0.05) is 30.3 Å². The summed E-state index contributed by atoms with van der Waals surface area (Å²) < 4.78 is 5.50. The second kappa shape index (κ2) is 6.15. The van der Waals surface area contributed by atoms with Gasteiger partial charge < -0.3 is 15.2 Å². The van der Waals surface area contributed by atoms with Crippen molar-refractivity contribution in [3.63, 3.8) is 0 Å². The third-order valence-corrected chi connectivity index (χ3v) is 3.28. The van der Waals surface area contributed by atoms with E-state index in [4.69, 9.17) is 4.74 Å². The third-order valence-electron chi connectivity index (χ3n) is 3.28. The van der Waals surface area contributed by atoms with Gasteiger partial charge in [-0.3, -0.25) is 0 Å². The van der Waals surface area contributed by atoms with Crippen molar-refractivity contribution >= 4 is 0 Å². The topological polar surface area (TPSA) is 41.5 Å². The Hall–Kier alpha value is -0.900. The van der Waals surface area contributed by atoms with Crippen molar-refractivity contribution in [3.05, 3.63) is 35.9 Å². The van der Waals surface area contributed by atoms with Crippen LogP contribution in [0.3, 0.4) is 0 Å². The highest BCUT2D eigenvalue weighted by Crippen LogP contribution is 2.23. The molecule has 3 heteroatoms. The number of hydrogen-bond donors (Lipinski definition) is 2. The lowest BCUT2D eigenvalue weighted by Crippen LogP contribution is -2.46. The minimum atomic E-state index is -0.414. The molecule has 17 heavy (non-hydrogen) atoms. The largest absolute Gasteiger partial charge is 0.387 e. The molecule has 0 amide bonds. The van der Waals surface area contributed by atoms with E-state index < -0.39 is 6.10 Å². The van der Waals surface area contributed by atoms with Gasteiger partial charge in [0, 0.05) is 19.2 Å². The highest BCUT2D eigenvalue weighted by Gasteiger charge is 2.29. The maximum absolute atomic E-state index is 9.96. The molecule has 1 unspecified atom stereocenters. The van der Waals surface area contributed by atoms with Crippen LogP contribution in [-0.4, -0.2) is 30.4 Å². The van der Waals surface area contributed by atoms with Crippen LogP contribution in [0, 0.1) is 0 Å². The molecule has 0 spiro atoms. The van der Waals surface area contributed by atoms with Crippen molar-refractivity contribution < 1.29 is 9.84 Å². The van der Waals surface area contributed by atoms with Crippen LogP contribution in [0.4, 0.5) is 0 Å². The molecule has 0 radical (unpaired) electrons. The Bertz CT molecular complexity index is 322. The quantitative estimate of drug-likeness (QED) is 0.791. The van der Waals surface area contributed by atoms with Gasteiger partial charge in [0.05, 0.1) is 12.2 Å². The molecule has 2 N–H and O–H groups in total. The van der Waals surface area contributed by atoms with Crippen molar-refractivity contribution in [2.45, 2.75) is 38.0 Å². The molecule has 1 aliphatic carbocycles. The van der Waals surface area contributed by atoms with E-state index in [9.17, 15) is 5.11 Å². The summed E-state index contributed by atoms with van der Waals surface area (Å²) in [6, 6.07) is 10.3. The molecule has 0 aliphatic heterocycles. The fraction of sp³-hybridized carbons (Fsp3) is 0.571.